The van der Waals surface area contributed by atoms with E-state index in [9.17, 15) is 4.79 Å². The molecule has 1 unspecified atom stereocenters. The highest BCUT2D eigenvalue weighted by Crippen LogP contribution is 2.18. The third-order valence-electron chi connectivity index (χ3n) is 4.76. The maximum Gasteiger partial charge on any atom is 0.253 e. The molecule has 1 heterocycles. The molecule has 1 saturated heterocycles. The van der Waals surface area contributed by atoms with Crippen LogP contribution in [0.4, 0.5) is 5.69 Å². The van der Waals surface area contributed by atoms with Gasteiger partial charge in [-0.15, -0.1) is 0 Å². The Balaban J connectivity index is 2.02. The molecule has 0 bridgehead atoms. The average molecular weight is 317 g/mol. The van der Waals surface area contributed by atoms with Crippen LogP contribution in [0.15, 0.2) is 24.3 Å². The molecule has 0 radical (unpaired) electrons. The Bertz CT molecular complexity index is 486. The SMILES string of the molecule is CCCCN(CC)c1ccc(C(=O)N2CCCC(NC)C2)cc1. The summed E-state index contributed by atoms with van der Waals surface area (Å²) >= 11 is 0. The van der Waals surface area contributed by atoms with E-state index >= 15 is 0 Å². The third-order valence-corrected chi connectivity index (χ3v) is 4.76. The Morgan fingerprint density at radius 1 is 1.30 bits per heavy atom. The van der Waals surface area contributed by atoms with Crippen molar-refractivity contribution in [3.05, 3.63) is 29.8 Å². The van der Waals surface area contributed by atoms with Gasteiger partial charge < -0.3 is 15.1 Å². The molecule has 0 saturated carbocycles. The van der Waals surface area contributed by atoms with E-state index in [4.69, 9.17) is 0 Å². The minimum atomic E-state index is 0.160. The predicted octanol–water partition coefficient (Wildman–Crippen LogP) is 3.14. The Labute approximate surface area is 140 Å². The summed E-state index contributed by atoms with van der Waals surface area (Å²) in [6.07, 6.45) is 4.64. The standard InChI is InChI=1S/C19H31N3O/c1-4-6-13-21(5-2)18-11-9-16(10-12-18)19(23)22-14-7-8-17(15-22)20-3/h9-12,17,20H,4-8,13-15H2,1-3H3. The fourth-order valence-electron chi connectivity index (χ4n) is 3.21. The van der Waals surface area contributed by atoms with Crippen molar-refractivity contribution in [2.45, 2.75) is 45.6 Å². The van der Waals surface area contributed by atoms with Crippen molar-refractivity contribution in [3.8, 4) is 0 Å². The summed E-state index contributed by atoms with van der Waals surface area (Å²) in [4.78, 5) is 17.0. The Hall–Kier alpha value is -1.55. The minimum Gasteiger partial charge on any atom is -0.372 e. The van der Waals surface area contributed by atoms with E-state index in [-0.39, 0.29) is 5.91 Å². The molecule has 4 nitrogen and oxygen atoms in total. The molecule has 1 aromatic rings. The summed E-state index contributed by atoms with van der Waals surface area (Å²) in [6, 6.07) is 8.57. The van der Waals surface area contributed by atoms with Crippen LogP contribution in [-0.2, 0) is 0 Å². The smallest absolute Gasteiger partial charge is 0.253 e. The second kappa shape index (κ2) is 8.92. The number of nitrogens with one attached hydrogen (secondary N) is 1. The first-order chi connectivity index (χ1) is 11.2. The number of piperidine rings is 1. The molecule has 1 aliphatic heterocycles. The summed E-state index contributed by atoms with van der Waals surface area (Å²) in [5, 5.41) is 3.29. The summed E-state index contributed by atoms with van der Waals surface area (Å²) in [7, 11) is 1.98. The maximum absolute atomic E-state index is 12.7. The maximum atomic E-state index is 12.7. The zero-order chi connectivity index (χ0) is 16.7. The van der Waals surface area contributed by atoms with Gasteiger partial charge in [-0.05, 0) is 57.5 Å². The van der Waals surface area contributed by atoms with Crippen LogP contribution in [0.25, 0.3) is 0 Å². The minimum absolute atomic E-state index is 0.160. The van der Waals surface area contributed by atoms with Crippen LogP contribution in [0.3, 0.4) is 0 Å². The Morgan fingerprint density at radius 2 is 2.04 bits per heavy atom. The first-order valence-corrected chi connectivity index (χ1v) is 9.01. The predicted molar refractivity (Wildman–Crippen MR) is 97.2 cm³/mol. The number of rotatable bonds is 7. The van der Waals surface area contributed by atoms with Crippen molar-refractivity contribution in [3.63, 3.8) is 0 Å². The van der Waals surface area contributed by atoms with Crippen LogP contribution >= 0.6 is 0 Å². The quantitative estimate of drug-likeness (QED) is 0.839. The zero-order valence-electron chi connectivity index (χ0n) is 14.8. The van der Waals surface area contributed by atoms with Gasteiger partial charge in [-0.25, -0.2) is 0 Å². The highest BCUT2D eigenvalue weighted by molar-refractivity contribution is 5.94. The number of unbranched alkanes of at least 4 members (excludes halogenated alkanes) is 1. The largest absolute Gasteiger partial charge is 0.372 e. The molecule has 128 valence electrons. The van der Waals surface area contributed by atoms with E-state index in [0.717, 1.165) is 44.6 Å². The van der Waals surface area contributed by atoms with E-state index in [1.807, 2.05) is 24.1 Å². The molecule has 1 fully saturated rings. The molecule has 23 heavy (non-hydrogen) atoms. The van der Waals surface area contributed by atoms with Gasteiger partial charge in [0.25, 0.3) is 5.91 Å². The number of hydrogen-bond acceptors (Lipinski definition) is 3. The number of carbonyl (C=O) groups excluding carboxylic acids is 1. The van der Waals surface area contributed by atoms with Crippen molar-refractivity contribution < 1.29 is 4.79 Å². The fraction of sp³-hybridized carbons (Fsp3) is 0.632. The highest BCUT2D eigenvalue weighted by Gasteiger charge is 2.23. The molecule has 1 N–H and O–H groups in total. The molecule has 1 aromatic carbocycles. The van der Waals surface area contributed by atoms with E-state index in [0.29, 0.717) is 6.04 Å². The summed E-state index contributed by atoms with van der Waals surface area (Å²) in [5.41, 5.74) is 2.02. The van der Waals surface area contributed by atoms with Crippen LogP contribution in [0.1, 0.15) is 49.9 Å². The topological polar surface area (TPSA) is 35.6 Å². The lowest BCUT2D eigenvalue weighted by atomic mass is 10.0. The lowest BCUT2D eigenvalue weighted by Crippen LogP contribution is -2.46. The normalized spacial score (nSPS) is 18.0. The second-order valence-electron chi connectivity index (χ2n) is 6.36. The number of benzene rings is 1. The van der Waals surface area contributed by atoms with Gasteiger partial charge >= 0.3 is 0 Å². The van der Waals surface area contributed by atoms with Crippen molar-refractivity contribution in [1.82, 2.24) is 10.2 Å². The summed E-state index contributed by atoms with van der Waals surface area (Å²) < 4.78 is 0. The van der Waals surface area contributed by atoms with Crippen LogP contribution in [-0.4, -0.2) is 50.1 Å². The number of likely N-dealkylation sites (N-methyl/N-ethyl adjacent to an activating group) is 1. The number of hydrogen-bond donors (Lipinski definition) is 1. The van der Waals surface area contributed by atoms with E-state index in [2.05, 4.69) is 36.2 Å². The first-order valence-electron chi connectivity index (χ1n) is 9.01. The first kappa shape index (κ1) is 17.8. The third kappa shape index (κ3) is 4.71. The molecule has 0 spiro atoms. The van der Waals surface area contributed by atoms with Crippen LogP contribution in [0.5, 0.6) is 0 Å². The second-order valence-corrected chi connectivity index (χ2v) is 6.36. The number of anilines is 1. The van der Waals surface area contributed by atoms with Gasteiger partial charge in [-0.2, -0.15) is 0 Å². The van der Waals surface area contributed by atoms with Crippen molar-refractivity contribution in [1.29, 1.82) is 0 Å². The molecule has 0 aromatic heterocycles. The van der Waals surface area contributed by atoms with Crippen LogP contribution in [0.2, 0.25) is 0 Å². The van der Waals surface area contributed by atoms with Gasteiger partial charge in [0.15, 0.2) is 0 Å². The van der Waals surface area contributed by atoms with Crippen LogP contribution < -0.4 is 10.2 Å². The zero-order valence-corrected chi connectivity index (χ0v) is 14.8. The molecule has 4 heteroatoms. The lowest BCUT2D eigenvalue weighted by molar-refractivity contribution is 0.0698. The lowest BCUT2D eigenvalue weighted by Gasteiger charge is -2.32. The Kier molecular flexibility index (Phi) is 6.90. The van der Waals surface area contributed by atoms with E-state index < -0.39 is 0 Å². The van der Waals surface area contributed by atoms with Crippen molar-refractivity contribution in [2.24, 2.45) is 0 Å². The number of amides is 1. The number of carbonyl (C=O) groups is 1. The molecule has 1 aliphatic rings. The average Bonchev–Trinajstić information content (AvgIpc) is 2.62. The van der Waals surface area contributed by atoms with Gasteiger partial charge in [-0.1, -0.05) is 13.3 Å². The van der Waals surface area contributed by atoms with Crippen molar-refractivity contribution >= 4 is 11.6 Å². The van der Waals surface area contributed by atoms with Gasteiger partial charge in [0.2, 0.25) is 0 Å². The van der Waals surface area contributed by atoms with Gasteiger partial charge in [0, 0.05) is 43.5 Å². The molecular formula is C19H31N3O. The van der Waals surface area contributed by atoms with Gasteiger partial charge in [-0.3, -0.25) is 4.79 Å². The molecule has 2 rings (SSSR count). The summed E-state index contributed by atoms with van der Waals surface area (Å²) in [5.74, 6) is 0.160. The molecular weight excluding hydrogens is 286 g/mol. The molecule has 0 aliphatic carbocycles. The van der Waals surface area contributed by atoms with Gasteiger partial charge in [0.1, 0.15) is 0 Å². The highest BCUT2D eigenvalue weighted by atomic mass is 16.2. The number of nitrogens with zero attached hydrogens (tertiary/aromatic N) is 2. The molecule has 1 amide bonds. The van der Waals surface area contributed by atoms with E-state index in [1.54, 1.807) is 0 Å². The summed E-state index contributed by atoms with van der Waals surface area (Å²) in [6.45, 7) is 8.16. The van der Waals surface area contributed by atoms with Crippen molar-refractivity contribution in [2.75, 3.05) is 38.1 Å². The number of likely N-dealkylation sites (tertiary alicyclic amines) is 1. The Morgan fingerprint density at radius 3 is 2.65 bits per heavy atom. The van der Waals surface area contributed by atoms with Crippen LogP contribution in [0, 0.1) is 0 Å². The monoisotopic (exact) mass is 317 g/mol. The fourth-order valence-corrected chi connectivity index (χ4v) is 3.21. The molecule has 1 atom stereocenters. The van der Waals surface area contributed by atoms with E-state index in [1.165, 1.54) is 18.5 Å². The van der Waals surface area contributed by atoms with Gasteiger partial charge in [0.05, 0.1) is 0 Å².